The van der Waals surface area contributed by atoms with Gasteiger partial charge in [-0.3, -0.25) is 9.59 Å². The Morgan fingerprint density at radius 2 is 2.09 bits per heavy atom. The van der Waals surface area contributed by atoms with Gasteiger partial charge in [0.25, 0.3) is 5.91 Å². The van der Waals surface area contributed by atoms with Crippen LogP contribution in [0.25, 0.3) is 0 Å². The second-order valence-electron chi connectivity index (χ2n) is 5.17. The van der Waals surface area contributed by atoms with E-state index in [-0.39, 0.29) is 11.7 Å². The number of hydrogen-bond acceptors (Lipinski definition) is 4. The second-order valence-corrected chi connectivity index (χ2v) is 5.95. The highest BCUT2D eigenvalue weighted by Crippen LogP contribution is 2.17. The van der Waals surface area contributed by atoms with Crippen molar-refractivity contribution in [2.24, 2.45) is 0 Å². The van der Waals surface area contributed by atoms with Crippen molar-refractivity contribution in [3.63, 3.8) is 0 Å². The molecule has 0 aliphatic rings. The second kappa shape index (κ2) is 7.22. The fourth-order valence-electron chi connectivity index (χ4n) is 2.09. The number of amides is 1. The van der Waals surface area contributed by atoms with Crippen molar-refractivity contribution in [3.05, 3.63) is 52.2 Å². The van der Waals surface area contributed by atoms with E-state index in [0.717, 1.165) is 5.56 Å². The summed E-state index contributed by atoms with van der Waals surface area (Å²) in [6.07, 6.45) is -0.606. The third-order valence-electron chi connectivity index (χ3n) is 3.28. The topological polar surface area (TPSA) is 46.6 Å². The Hall–Kier alpha value is -2.14. The summed E-state index contributed by atoms with van der Waals surface area (Å²) < 4.78 is 5.67. The van der Waals surface area contributed by atoms with Crippen LogP contribution < -0.4 is 4.74 Å². The zero-order chi connectivity index (χ0) is 16.1. The maximum absolute atomic E-state index is 12.3. The zero-order valence-corrected chi connectivity index (χ0v) is 13.7. The van der Waals surface area contributed by atoms with E-state index in [1.54, 1.807) is 54.5 Å². The first kappa shape index (κ1) is 16.2. The highest BCUT2D eigenvalue weighted by atomic mass is 32.1. The van der Waals surface area contributed by atoms with Gasteiger partial charge in [-0.05, 0) is 48.4 Å². The highest BCUT2D eigenvalue weighted by Gasteiger charge is 2.19. The van der Waals surface area contributed by atoms with E-state index in [0.29, 0.717) is 17.9 Å². The highest BCUT2D eigenvalue weighted by molar-refractivity contribution is 7.07. The number of nitrogens with zero attached hydrogens (tertiary/aromatic N) is 1. The number of ketones is 1. The molecule has 0 unspecified atom stereocenters. The number of ether oxygens (including phenoxy) is 1. The molecular weight excluding hydrogens is 298 g/mol. The number of hydrogen-bond donors (Lipinski definition) is 0. The number of carbonyl (C=O) groups is 2. The largest absolute Gasteiger partial charge is 0.481 e. The van der Waals surface area contributed by atoms with Crippen molar-refractivity contribution in [1.29, 1.82) is 0 Å². The summed E-state index contributed by atoms with van der Waals surface area (Å²) in [5.74, 6) is 0.399. The molecule has 22 heavy (non-hydrogen) atoms. The summed E-state index contributed by atoms with van der Waals surface area (Å²) in [5, 5.41) is 4.01. The summed E-state index contributed by atoms with van der Waals surface area (Å²) in [4.78, 5) is 25.3. The van der Waals surface area contributed by atoms with Gasteiger partial charge in [-0.2, -0.15) is 11.3 Å². The van der Waals surface area contributed by atoms with E-state index in [1.807, 2.05) is 16.8 Å². The Morgan fingerprint density at radius 1 is 1.32 bits per heavy atom. The van der Waals surface area contributed by atoms with Crippen LogP contribution >= 0.6 is 11.3 Å². The monoisotopic (exact) mass is 317 g/mol. The van der Waals surface area contributed by atoms with Crippen LogP contribution in [-0.4, -0.2) is 29.7 Å². The zero-order valence-electron chi connectivity index (χ0n) is 12.9. The first-order chi connectivity index (χ1) is 10.5. The maximum atomic E-state index is 12.3. The van der Waals surface area contributed by atoms with Gasteiger partial charge in [0, 0.05) is 19.2 Å². The number of likely N-dealkylation sites (N-methyl/N-ethyl adjacent to an activating group) is 1. The molecule has 0 aliphatic carbocycles. The number of rotatable bonds is 6. The number of carbonyl (C=O) groups excluding carboxylic acids is 2. The Balaban J connectivity index is 1.98. The van der Waals surface area contributed by atoms with Crippen molar-refractivity contribution in [1.82, 2.24) is 4.90 Å². The normalized spacial score (nSPS) is 11.8. The third-order valence-corrected chi connectivity index (χ3v) is 4.01. The van der Waals surface area contributed by atoms with Crippen LogP contribution in [0.2, 0.25) is 0 Å². The van der Waals surface area contributed by atoms with Gasteiger partial charge in [0.05, 0.1) is 0 Å². The maximum Gasteiger partial charge on any atom is 0.263 e. The molecule has 4 nitrogen and oxygen atoms in total. The van der Waals surface area contributed by atoms with Crippen LogP contribution in [-0.2, 0) is 11.3 Å². The molecule has 2 aromatic rings. The lowest BCUT2D eigenvalue weighted by atomic mass is 10.1. The summed E-state index contributed by atoms with van der Waals surface area (Å²) >= 11 is 1.61. The molecule has 0 saturated heterocycles. The lowest BCUT2D eigenvalue weighted by Crippen LogP contribution is -2.37. The molecule has 0 fully saturated rings. The van der Waals surface area contributed by atoms with Crippen LogP contribution in [0, 0.1) is 0 Å². The van der Waals surface area contributed by atoms with Crippen molar-refractivity contribution in [2.75, 3.05) is 7.05 Å². The van der Waals surface area contributed by atoms with E-state index in [1.165, 1.54) is 6.92 Å². The van der Waals surface area contributed by atoms with Crippen LogP contribution in [0.3, 0.4) is 0 Å². The molecule has 5 heteroatoms. The lowest BCUT2D eigenvalue weighted by Gasteiger charge is -2.22. The Kier molecular flexibility index (Phi) is 5.33. The van der Waals surface area contributed by atoms with Gasteiger partial charge in [-0.25, -0.2) is 0 Å². The lowest BCUT2D eigenvalue weighted by molar-refractivity contribution is -0.137. The standard InChI is InChI=1S/C17H19NO3S/c1-12(19)15-5-4-6-16(9-15)21-13(2)17(20)18(3)10-14-7-8-22-11-14/h4-9,11,13H,10H2,1-3H3/t13-/m1/s1. The molecule has 1 atom stereocenters. The van der Waals surface area contributed by atoms with E-state index >= 15 is 0 Å². The van der Waals surface area contributed by atoms with Crippen molar-refractivity contribution < 1.29 is 14.3 Å². The predicted molar refractivity (Wildman–Crippen MR) is 87.3 cm³/mol. The van der Waals surface area contributed by atoms with Crippen LogP contribution in [0.5, 0.6) is 5.75 Å². The minimum atomic E-state index is -0.606. The summed E-state index contributed by atoms with van der Waals surface area (Å²) in [6.45, 7) is 3.78. The fourth-order valence-corrected chi connectivity index (χ4v) is 2.75. The van der Waals surface area contributed by atoms with Crippen LogP contribution in [0.15, 0.2) is 41.1 Å². The Morgan fingerprint density at radius 3 is 2.73 bits per heavy atom. The number of thiophene rings is 1. The first-order valence-corrected chi connectivity index (χ1v) is 7.95. The third kappa shape index (κ3) is 4.18. The fraction of sp³-hybridized carbons (Fsp3) is 0.294. The van der Waals surface area contributed by atoms with E-state index in [4.69, 9.17) is 4.74 Å². The molecule has 1 aromatic carbocycles. The number of Topliss-reactive ketones (excluding diaryl/α,β-unsaturated/α-hetero) is 1. The SMILES string of the molecule is CC(=O)c1cccc(O[C@H](C)C(=O)N(C)Cc2ccsc2)c1. The van der Waals surface area contributed by atoms with E-state index in [2.05, 4.69) is 0 Å². The van der Waals surface area contributed by atoms with Gasteiger partial charge in [0.1, 0.15) is 5.75 Å². The first-order valence-electron chi connectivity index (χ1n) is 7.01. The average molecular weight is 317 g/mol. The molecule has 0 bridgehead atoms. The quantitative estimate of drug-likeness (QED) is 0.767. The molecule has 0 spiro atoms. The molecule has 116 valence electrons. The average Bonchev–Trinajstić information content (AvgIpc) is 2.99. The van der Waals surface area contributed by atoms with E-state index < -0.39 is 6.10 Å². The van der Waals surface area contributed by atoms with Crippen LogP contribution in [0.1, 0.15) is 29.8 Å². The number of benzene rings is 1. The van der Waals surface area contributed by atoms with Crippen molar-refractivity contribution in [2.45, 2.75) is 26.5 Å². The molecule has 2 rings (SSSR count). The van der Waals surface area contributed by atoms with Gasteiger partial charge >= 0.3 is 0 Å². The summed E-state index contributed by atoms with van der Waals surface area (Å²) in [5.41, 5.74) is 1.68. The Labute approximate surface area is 134 Å². The molecular formula is C17H19NO3S. The van der Waals surface area contributed by atoms with Gasteiger partial charge in [0.2, 0.25) is 0 Å². The van der Waals surface area contributed by atoms with Crippen molar-refractivity contribution >= 4 is 23.0 Å². The van der Waals surface area contributed by atoms with Gasteiger partial charge < -0.3 is 9.64 Å². The minimum absolute atomic E-state index is 0.0287. The molecule has 0 saturated carbocycles. The van der Waals surface area contributed by atoms with Gasteiger partial charge in [0.15, 0.2) is 11.9 Å². The molecule has 1 amide bonds. The van der Waals surface area contributed by atoms with E-state index in [9.17, 15) is 9.59 Å². The van der Waals surface area contributed by atoms with Crippen LogP contribution in [0.4, 0.5) is 0 Å². The van der Waals surface area contributed by atoms with Crippen molar-refractivity contribution in [3.8, 4) is 5.75 Å². The summed E-state index contributed by atoms with van der Waals surface area (Å²) in [7, 11) is 1.76. The molecule has 0 N–H and O–H groups in total. The molecule has 1 aromatic heterocycles. The molecule has 0 aliphatic heterocycles. The smallest absolute Gasteiger partial charge is 0.263 e. The predicted octanol–water partition coefficient (Wildman–Crippen LogP) is 3.38. The Bertz CT molecular complexity index is 652. The summed E-state index contributed by atoms with van der Waals surface area (Å²) in [6, 6.07) is 8.87. The minimum Gasteiger partial charge on any atom is -0.481 e. The van der Waals surface area contributed by atoms with Gasteiger partial charge in [-0.15, -0.1) is 0 Å². The molecule has 1 heterocycles. The molecule has 0 radical (unpaired) electrons. The van der Waals surface area contributed by atoms with Gasteiger partial charge in [-0.1, -0.05) is 12.1 Å².